The molecular weight excluding hydrogens is 248 g/mol. The number of benzene rings is 1. The highest BCUT2D eigenvalue weighted by Gasteiger charge is 2.01. The third-order valence-electron chi connectivity index (χ3n) is 2.24. The molecule has 0 saturated carbocycles. The molecule has 0 aliphatic carbocycles. The van der Waals surface area contributed by atoms with E-state index in [0.717, 1.165) is 11.3 Å². The maximum Gasteiger partial charge on any atom is 0.230 e. The number of carbonyl (C=O) groups is 1. The maximum absolute atomic E-state index is 11.4. The number of carbonyl (C=O) groups excluding carboxylic acids is 1. The minimum absolute atomic E-state index is 0.0119. The molecule has 0 spiro atoms. The molecule has 18 heavy (non-hydrogen) atoms. The van der Waals surface area contributed by atoms with E-state index in [4.69, 9.17) is 10.4 Å². The molecule has 0 aliphatic heterocycles. The van der Waals surface area contributed by atoms with Crippen molar-refractivity contribution in [2.45, 2.75) is 12.2 Å². The van der Waals surface area contributed by atoms with Crippen molar-refractivity contribution in [3.05, 3.63) is 35.4 Å². The van der Waals surface area contributed by atoms with Gasteiger partial charge in [-0.15, -0.1) is 11.8 Å². The Morgan fingerprint density at radius 1 is 1.39 bits per heavy atom. The lowest BCUT2D eigenvalue weighted by Gasteiger charge is -2.04. The summed E-state index contributed by atoms with van der Waals surface area (Å²) in [5, 5.41) is 19.9. The number of nitrogens with one attached hydrogen (secondary N) is 1. The number of hydrogen-bond donors (Lipinski definition) is 2. The molecule has 0 bridgehead atoms. The summed E-state index contributed by atoms with van der Waals surface area (Å²) in [6.45, 7) is 0.616. The van der Waals surface area contributed by atoms with E-state index in [1.165, 1.54) is 11.8 Å². The summed E-state index contributed by atoms with van der Waals surface area (Å²) in [6.07, 6.45) is 0.589. The van der Waals surface area contributed by atoms with E-state index in [1.54, 1.807) is 12.1 Å². The van der Waals surface area contributed by atoms with Crippen LogP contribution in [0.25, 0.3) is 0 Å². The molecule has 0 radical (unpaired) electrons. The predicted molar refractivity (Wildman–Crippen MR) is 72.0 cm³/mol. The first kappa shape index (κ1) is 14.6. The lowest BCUT2D eigenvalue weighted by Crippen LogP contribution is -2.26. The SMILES string of the molecule is N#Cc1ccc(CSCC(=O)NCCCO)cc1. The lowest BCUT2D eigenvalue weighted by molar-refractivity contribution is -0.118. The van der Waals surface area contributed by atoms with E-state index >= 15 is 0 Å². The molecule has 0 heterocycles. The summed E-state index contributed by atoms with van der Waals surface area (Å²) in [4.78, 5) is 11.4. The number of nitrogens with zero attached hydrogens (tertiary/aromatic N) is 1. The summed E-state index contributed by atoms with van der Waals surface area (Å²) in [7, 11) is 0. The maximum atomic E-state index is 11.4. The average Bonchev–Trinajstić information content (AvgIpc) is 2.40. The first-order chi connectivity index (χ1) is 8.76. The number of aliphatic hydroxyl groups excluding tert-OH is 1. The van der Waals surface area contributed by atoms with Crippen molar-refractivity contribution in [3.8, 4) is 6.07 Å². The van der Waals surface area contributed by atoms with Crippen LogP contribution in [0.1, 0.15) is 17.5 Å². The minimum Gasteiger partial charge on any atom is -0.396 e. The Morgan fingerprint density at radius 3 is 2.72 bits per heavy atom. The molecule has 4 nitrogen and oxygen atoms in total. The smallest absolute Gasteiger partial charge is 0.230 e. The molecule has 0 unspecified atom stereocenters. The molecule has 0 atom stereocenters. The van der Waals surface area contributed by atoms with Gasteiger partial charge in [-0.1, -0.05) is 12.1 Å². The van der Waals surface area contributed by atoms with E-state index in [1.807, 2.05) is 12.1 Å². The van der Waals surface area contributed by atoms with Crippen molar-refractivity contribution in [1.82, 2.24) is 5.32 Å². The Balaban J connectivity index is 2.20. The zero-order valence-corrected chi connectivity index (χ0v) is 10.9. The van der Waals surface area contributed by atoms with Gasteiger partial charge in [0, 0.05) is 18.9 Å². The van der Waals surface area contributed by atoms with E-state index in [9.17, 15) is 4.79 Å². The van der Waals surface area contributed by atoms with Crippen LogP contribution in [0, 0.1) is 11.3 Å². The fourth-order valence-electron chi connectivity index (χ4n) is 1.29. The van der Waals surface area contributed by atoms with Crippen LogP contribution < -0.4 is 5.32 Å². The van der Waals surface area contributed by atoms with Gasteiger partial charge < -0.3 is 10.4 Å². The fourth-order valence-corrected chi connectivity index (χ4v) is 2.11. The Hall–Kier alpha value is -1.51. The Morgan fingerprint density at radius 2 is 2.11 bits per heavy atom. The van der Waals surface area contributed by atoms with E-state index in [0.29, 0.717) is 24.3 Å². The van der Waals surface area contributed by atoms with Crippen LogP contribution in [0.15, 0.2) is 24.3 Å². The second-order valence-corrected chi connectivity index (χ2v) is 4.71. The number of rotatable bonds is 7. The zero-order chi connectivity index (χ0) is 13.2. The average molecular weight is 264 g/mol. The van der Waals surface area contributed by atoms with Crippen molar-refractivity contribution >= 4 is 17.7 Å². The lowest BCUT2D eigenvalue weighted by atomic mass is 10.2. The molecule has 96 valence electrons. The third-order valence-corrected chi connectivity index (χ3v) is 3.25. The third kappa shape index (κ3) is 5.71. The summed E-state index contributed by atoms with van der Waals surface area (Å²) < 4.78 is 0. The van der Waals surface area contributed by atoms with Crippen molar-refractivity contribution in [1.29, 1.82) is 5.26 Å². The van der Waals surface area contributed by atoms with Gasteiger partial charge in [0.1, 0.15) is 0 Å². The van der Waals surface area contributed by atoms with Gasteiger partial charge in [-0.25, -0.2) is 0 Å². The summed E-state index contributed by atoms with van der Waals surface area (Å²) in [5.41, 5.74) is 1.74. The molecule has 0 fully saturated rings. The van der Waals surface area contributed by atoms with Crippen molar-refractivity contribution in [2.75, 3.05) is 18.9 Å². The van der Waals surface area contributed by atoms with Gasteiger partial charge in [0.25, 0.3) is 0 Å². The highest BCUT2D eigenvalue weighted by molar-refractivity contribution is 7.99. The van der Waals surface area contributed by atoms with Crippen LogP contribution in [0.2, 0.25) is 0 Å². The van der Waals surface area contributed by atoms with Crippen LogP contribution in [0.5, 0.6) is 0 Å². The molecule has 1 aromatic rings. The summed E-state index contributed by atoms with van der Waals surface area (Å²) in [6, 6.07) is 9.41. The van der Waals surface area contributed by atoms with E-state index < -0.39 is 0 Å². The Labute approximate surface area is 111 Å². The predicted octanol–water partition coefficient (Wildman–Crippen LogP) is 1.29. The van der Waals surface area contributed by atoms with Gasteiger partial charge in [-0.3, -0.25) is 4.79 Å². The highest BCUT2D eigenvalue weighted by atomic mass is 32.2. The molecule has 0 aliphatic rings. The second kappa shape index (κ2) is 8.56. The van der Waals surface area contributed by atoms with E-state index in [-0.39, 0.29) is 12.5 Å². The molecule has 0 saturated heterocycles. The monoisotopic (exact) mass is 264 g/mol. The highest BCUT2D eigenvalue weighted by Crippen LogP contribution is 2.12. The normalized spacial score (nSPS) is 9.78. The quantitative estimate of drug-likeness (QED) is 0.728. The molecule has 1 aromatic carbocycles. The van der Waals surface area contributed by atoms with E-state index in [2.05, 4.69) is 11.4 Å². The van der Waals surface area contributed by atoms with Crippen LogP contribution in [0.3, 0.4) is 0 Å². The molecule has 0 aromatic heterocycles. The molecule has 1 amide bonds. The first-order valence-electron chi connectivity index (χ1n) is 5.70. The van der Waals surface area contributed by atoms with Crippen LogP contribution >= 0.6 is 11.8 Å². The second-order valence-electron chi connectivity index (χ2n) is 3.73. The van der Waals surface area contributed by atoms with Gasteiger partial charge in [0.2, 0.25) is 5.91 Å². The Kier molecular flexibility index (Phi) is 6.92. The van der Waals surface area contributed by atoms with Crippen LogP contribution in [-0.4, -0.2) is 29.9 Å². The molecule has 2 N–H and O–H groups in total. The fraction of sp³-hybridized carbons (Fsp3) is 0.385. The first-order valence-corrected chi connectivity index (χ1v) is 6.86. The van der Waals surface area contributed by atoms with Crippen LogP contribution in [-0.2, 0) is 10.5 Å². The standard InChI is InChI=1S/C13H16N2O2S/c14-8-11-2-4-12(5-3-11)9-18-10-13(17)15-6-1-7-16/h2-5,16H,1,6-7,9-10H2,(H,15,17). The zero-order valence-electron chi connectivity index (χ0n) is 10.1. The topological polar surface area (TPSA) is 73.1 Å². The van der Waals surface area contributed by atoms with Gasteiger partial charge in [-0.2, -0.15) is 5.26 Å². The number of nitriles is 1. The van der Waals surface area contributed by atoms with Crippen LogP contribution in [0.4, 0.5) is 0 Å². The molecule has 1 rings (SSSR count). The van der Waals surface area contributed by atoms with Gasteiger partial charge in [0.15, 0.2) is 0 Å². The summed E-state index contributed by atoms with van der Waals surface area (Å²) >= 11 is 1.53. The van der Waals surface area contributed by atoms with Crippen molar-refractivity contribution in [3.63, 3.8) is 0 Å². The van der Waals surface area contributed by atoms with Crippen molar-refractivity contribution < 1.29 is 9.90 Å². The van der Waals surface area contributed by atoms with Crippen molar-refractivity contribution in [2.24, 2.45) is 0 Å². The molecule has 5 heteroatoms. The molecular formula is C13H16N2O2S. The summed E-state index contributed by atoms with van der Waals surface area (Å²) in [5.74, 6) is 1.15. The number of amides is 1. The largest absolute Gasteiger partial charge is 0.396 e. The Bertz CT molecular complexity index is 412. The number of thioether (sulfide) groups is 1. The number of aliphatic hydroxyl groups is 1. The van der Waals surface area contributed by atoms with Gasteiger partial charge in [0.05, 0.1) is 17.4 Å². The van der Waals surface area contributed by atoms with Gasteiger partial charge >= 0.3 is 0 Å². The number of hydrogen-bond acceptors (Lipinski definition) is 4. The van der Waals surface area contributed by atoms with Gasteiger partial charge in [-0.05, 0) is 24.1 Å². The minimum atomic E-state index is -0.0119.